The van der Waals surface area contributed by atoms with Crippen LogP contribution in [0, 0.1) is 5.92 Å². The molecule has 2 aliphatic rings. The minimum Gasteiger partial charge on any atom is -0.384 e. The molecule has 0 aromatic heterocycles. The highest BCUT2D eigenvalue weighted by atomic mass is 16.6. The Balaban J connectivity index is 2.23. The van der Waals surface area contributed by atoms with Crippen LogP contribution in [0.2, 0.25) is 0 Å². The van der Waals surface area contributed by atoms with Crippen molar-refractivity contribution in [3.05, 3.63) is 0 Å². The van der Waals surface area contributed by atoms with E-state index in [1.807, 2.05) is 6.92 Å². The smallest absolute Gasteiger partial charge is 0.162 e. The fraction of sp³-hybridized carbons (Fsp3) is 1.00. The highest BCUT2D eigenvalue weighted by molar-refractivity contribution is 5.00. The Kier molecular flexibility index (Phi) is 1.47. The van der Waals surface area contributed by atoms with Gasteiger partial charge in [0.25, 0.3) is 0 Å². The molecule has 4 atom stereocenters. The first-order chi connectivity index (χ1) is 5.13. The van der Waals surface area contributed by atoms with E-state index in [4.69, 9.17) is 9.47 Å². The highest BCUT2D eigenvalue weighted by Gasteiger charge is 2.55. The lowest BCUT2D eigenvalue weighted by Gasteiger charge is -2.19. The number of fused-ring (bicyclic) bond motifs is 1. The van der Waals surface area contributed by atoms with Gasteiger partial charge in [0.05, 0.1) is 25.2 Å². The van der Waals surface area contributed by atoms with Gasteiger partial charge in [0, 0.05) is 0 Å². The van der Waals surface area contributed by atoms with Crippen molar-refractivity contribution in [2.24, 2.45) is 5.92 Å². The summed E-state index contributed by atoms with van der Waals surface area (Å²) >= 11 is 0. The number of aliphatic hydroxyl groups is 2. The number of rotatable bonds is 0. The average molecular weight is 160 g/mol. The zero-order chi connectivity index (χ0) is 8.06. The van der Waals surface area contributed by atoms with Gasteiger partial charge in [0.2, 0.25) is 0 Å². The second-order valence-corrected chi connectivity index (χ2v) is 3.35. The van der Waals surface area contributed by atoms with Crippen molar-refractivity contribution in [1.29, 1.82) is 0 Å². The van der Waals surface area contributed by atoms with Gasteiger partial charge in [-0.1, -0.05) is 0 Å². The first-order valence-electron chi connectivity index (χ1n) is 3.77. The van der Waals surface area contributed by atoms with Gasteiger partial charge in [0.15, 0.2) is 6.29 Å². The molecule has 2 heterocycles. The molecule has 0 saturated carbocycles. The molecule has 0 amide bonds. The molecule has 0 aromatic carbocycles. The van der Waals surface area contributed by atoms with Crippen LogP contribution in [0.25, 0.3) is 0 Å². The Labute approximate surface area is 64.7 Å². The van der Waals surface area contributed by atoms with Crippen LogP contribution >= 0.6 is 0 Å². The van der Waals surface area contributed by atoms with Gasteiger partial charge in [-0.05, 0) is 6.92 Å². The second-order valence-electron chi connectivity index (χ2n) is 3.35. The van der Waals surface area contributed by atoms with E-state index in [1.54, 1.807) is 0 Å². The van der Waals surface area contributed by atoms with Gasteiger partial charge in [-0.3, -0.25) is 0 Å². The van der Waals surface area contributed by atoms with Crippen molar-refractivity contribution < 1.29 is 19.7 Å². The van der Waals surface area contributed by atoms with E-state index in [-0.39, 0.29) is 25.2 Å². The molecule has 4 heteroatoms. The largest absolute Gasteiger partial charge is 0.384 e. The lowest BCUT2D eigenvalue weighted by atomic mass is 9.90. The molecular weight excluding hydrogens is 148 g/mol. The molecule has 2 saturated heterocycles. The van der Waals surface area contributed by atoms with Crippen LogP contribution in [0.4, 0.5) is 0 Å². The van der Waals surface area contributed by atoms with Crippen molar-refractivity contribution in [2.45, 2.75) is 24.9 Å². The molecule has 2 fully saturated rings. The van der Waals surface area contributed by atoms with Gasteiger partial charge in [-0.25, -0.2) is 0 Å². The van der Waals surface area contributed by atoms with Crippen molar-refractivity contribution in [2.75, 3.05) is 13.2 Å². The molecule has 0 aromatic rings. The molecule has 2 N–H and O–H groups in total. The fourth-order valence-corrected chi connectivity index (χ4v) is 1.88. The minimum atomic E-state index is -0.946. The van der Waals surface area contributed by atoms with Crippen LogP contribution in [0.1, 0.15) is 6.92 Å². The maximum Gasteiger partial charge on any atom is 0.162 e. The highest BCUT2D eigenvalue weighted by Crippen LogP contribution is 2.39. The summed E-state index contributed by atoms with van der Waals surface area (Å²) in [5.74, 6) is -0.275. The van der Waals surface area contributed by atoms with E-state index >= 15 is 0 Å². The summed E-state index contributed by atoms with van der Waals surface area (Å²) in [6.45, 7) is 2.29. The molecule has 0 spiro atoms. The third-order valence-corrected chi connectivity index (χ3v) is 2.53. The Bertz CT molecular complexity index is 156. The van der Waals surface area contributed by atoms with Gasteiger partial charge in [-0.15, -0.1) is 0 Å². The number of hydrogen-bond donors (Lipinski definition) is 2. The molecule has 2 rings (SSSR count). The molecule has 0 bridgehead atoms. The van der Waals surface area contributed by atoms with Crippen molar-refractivity contribution in [3.8, 4) is 0 Å². The Hall–Kier alpha value is -0.160. The maximum atomic E-state index is 9.76. The van der Waals surface area contributed by atoms with Crippen LogP contribution in [0.15, 0.2) is 0 Å². The molecule has 64 valence electrons. The number of aliphatic hydroxyl groups excluding tert-OH is 1. The summed E-state index contributed by atoms with van der Waals surface area (Å²) < 4.78 is 10.1. The molecule has 11 heavy (non-hydrogen) atoms. The molecular formula is C7H12O4. The fourth-order valence-electron chi connectivity index (χ4n) is 1.88. The lowest BCUT2D eigenvalue weighted by Crippen LogP contribution is -2.39. The zero-order valence-electron chi connectivity index (χ0n) is 6.36. The van der Waals surface area contributed by atoms with Crippen LogP contribution in [0.5, 0.6) is 0 Å². The third kappa shape index (κ3) is 0.906. The van der Waals surface area contributed by atoms with Crippen LogP contribution in [-0.4, -0.2) is 41.4 Å². The molecule has 2 aliphatic heterocycles. The summed E-state index contributed by atoms with van der Waals surface area (Å²) in [6, 6.07) is 0. The number of ether oxygens (including phenoxy) is 2. The van der Waals surface area contributed by atoms with E-state index in [9.17, 15) is 10.2 Å². The van der Waals surface area contributed by atoms with Crippen molar-refractivity contribution in [3.63, 3.8) is 0 Å². The molecule has 0 radical (unpaired) electrons. The van der Waals surface area contributed by atoms with Gasteiger partial charge < -0.3 is 19.7 Å². The van der Waals surface area contributed by atoms with E-state index in [0.29, 0.717) is 0 Å². The Morgan fingerprint density at radius 3 is 2.64 bits per heavy atom. The van der Waals surface area contributed by atoms with Crippen LogP contribution in [0.3, 0.4) is 0 Å². The monoisotopic (exact) mass is 160 g/mol. The first-order valence-corrected chi connectivity index (χ1v) is 3.77. The second kappa shape index (κ2) is 2.17. The Morgan fingerprint density at radius 2 is 2.00 bits per heavy atom. The SMILES string of the molecule is CC1OCC2(O)COC(O)C12. The standard InChI is InChI=1S/C7H12O4/c1-4-5-6(8)11-3-7(5,9)2-10-4/h4-6,8-9H,2-3H2,1H3. The van der Waals surface area contributed by atoms with E-state index < -0.39 is 11.9 Å². The first kappa shape index (κ1) is 7.49. The molecule has 4 nitrogen and oxygen atoms in total. The van der Waals surface area contributed by atoms with E-state index in [2.05, 4.69) is 0 Å². The van der Waals surface area contributed by atoms with Gasteiger partial charge >= 0.3 is 0 Å². The van der Waals surface area contributed by atoms with Crippen molar-refractivity contribution in [1.82, 2.24) is 0 Å². The van der Waals surface area contributed by atoms with Gasteiger partial charge in [0.1, 0.15) is 5.60 Å². The summed E-state index contributed by atoms with van der Waals surface area (Å²) in [5.41, 5.74) is -0.946. The summed E-state index contributed by atoms with van der Waals surface area (Å²) in [5, 5.41) is 19.0. The van der Waals surface area contributed by atoms with Crippen LogP contribution < -0.4 is 0 Å². The minimum absolute atomic E-state index is 0.113. The third-order valence-electron chi connectivity index (χ3n) is 2.53. The summed E-state index contributed by atoms with van der Waals surface area (Å²) in [4.78, 5) is 0. The molecule has 4 unspecified atom stereocenters. The topological polar surface area (TPSA) is 58.9 Å². The normalized spacial score (nSPS) is 56.5. The maximum absolute atomic E-state index is 9.76. The average Bonchev–Trinajstić information content (AvgIpc) is 2.38. The summed E-state index contributed by atoms with van der Waals surface area (Å²) in [6.07, 6.45) is -0.977. The zero-order valence-corrected chi connectivity index (χ0v) is 6.36. The van der Waals surface area contributed by atoms with Crippen LogP contribution in [-0.2, 0) is 9.47 Å². The number of hydrogen-bond acceptors (Lipinski definition) is 4. The van der Waals surface area contributed by atoms with E-state index in [1.165, 1.54) is 0 Å². The van der Waals surface area contributed by atoms with E-state index in [0.717, 1.165) is 0 Å². The summed E-state index contributed by atoms with van der Waals surface area (Å²) in [7, 11) is 0. The Morgan fingerprint density at radius 1 is 1.36 bits per heavy atom. The van der Waals surface area contributed by atoms with Crippen molar-refractivity contribution >= 4 is 0 Å². The quantitative estimate of drug-likeness (QED) is 0.482. The lowest BCUT2D eigenvalue weighted by molar-refractivity contribution is -0.105. The molecule has 0 aliphatic carbocycles. The van der Waals surface area contributed by atoms with Gasteiger partial charge in [-0.2, -0.15) is 0 Å². The predicted molar refractivity (Wildman–Crippen MR) is 35.8 cm³/mol. The predicted octanol–water partition coefficient (Wildman–Crippen LogP) is -0.899.